The van der Waals surface area contributed by atoms with Crippen LogP contribution < -0.4 is 15.4 Å². The maximum absolute atomic E-state index is 13.4. The average Bonchev–Trinajstić information content (AvgIpc) is 2.63. The maximum Gasteiger partial charge on any atom is 0.251 e. The second-order valence-electron chi connectivity index (χ2n) is 4.73. The summed E-state index contributed by atoms with van der Waals surface area (Å²) in [6.07, 6.45) is 1.64. The second-order valence-corrected chi connectivity index (χ2v) is 4.73. The maximum atomic E-state index is 13.4. The zero-order chi connectivity index (χ0) is 14.5. The fraction of sp³-hybridized carbons (Fsp3) is 0.429. The number of carbonyl (C=O) groups is 2. The van der Waals surface area contributed by atoms with Gasteiger partial charge in [0.05, 0.1) is 7.11 Å². The molecule has 108 valence electrons. The van der Waals surface area contributed by atoms with Crippen molar-refractivity contribution in [1.29, 1.82) is 0 Å². The number of hydrogen-bond donors (Lipinski definition) is 2. The molecular formula is C14H17FN2O3. The standard InChI is InChI=1S/C14H17FN2O3/c1-20-12-7-9(6-10(15)8-12)14(19)17-11-2-3-13(18)16-5-4-11/h6-8,11H,2-5H2,1H3,(H,16,18)(H,17,19). The lowest BCUT2D eigenvalue weighted by atomic mass is 10.1. The summed E-state index contributed by atoms with van der Waals surface area (Å²) in [4.78, 5) is 23.3. The molecule has 0 spiro atoms. The monoisotopic (exact) mass is 280 g/mol. The number of amides is 2. The molecule has 2 rings (SSSR count). The molecule has 0 radical (unpaired) electrons. The minimum Gasteiger partial charge on any atom is -0.497 e. The first kappa shape index (κ1) is 14.3. The molecule has 6 heteroatoms. The van der Waals surface area contributed by atoms with E-state index in [1.54, 1.807) is 0 Å². The largest absolute Gasteiger partial charge is 0.497 e. The highest BCUT2D eigenvalue weighted by Crippen LogP contribution is 2.16. The fourth-order valence-electron chi connectivity index (χ4n) is 2.15. The van der Waals surface area contributed by atoms with E-state index >= 15 is 0 Å². The molecule has 0 bridgehead atoms. The zero-order valence-electron chi connectivity index (χ0n) is 11.2. The van der Waals surface area contributed by atoms with Crippen LogP contribution in [0.2, 0.25) is 0 Å². The lowest BCUT2D eigenvalue weighted by Crippen LogP contribution is -2.35. The van der Waals surface area contributed by atoms with Crippen molar-refractivity contribution in [3.63, 3.8) is 0 Å². The van der Waals surface area contributed by atoms with E-state index in [0.29, 0.717) is 31.6 Å². The number of carbonyl (C=O) groups excluding carboxylic acids is 2. The van der Waals surface area contributed by atoms with Crippen LogP contribution in [0.1, 0.15) is 29.6 Å². The summed E-state index contributed by atoms with van der Waals surface area (Å²) >= 11 is 0. The summed E-state index contributed by atoms with van der Waals surface area (Å²) in [6.45, 7) is 0.538. The van der Waals surface area contributed by atoms with Gasteiger partial charge in [-0.2, -0.15) is 0 Å². The number of nitrogens with one attached hydrogen (secondary N) is 2. The van der Waals surface area contributed by atoms with Crippen LogP contribution >= 0.6 is 0 Å². The van der Waals surface area contributed by atoms with E-state index in [1.165, 1.54) is 19.2 Å². The molecule has 0 saturated carbocycles. The number of rotatable bonds is 3. The third kappa shape index (κ3) is 3.69. The van der Waals surface area contributed by atoms with Gasteiger partial charge in [-0.15, -0.1) is 0 Å². The Labute approximate surface area is 116 Å². The number of methoxy groups -OCH3 is 1. The minimum absolute atomic E-state index is 0.00539. The van der Waals surface area contributed by atoms with Crippen LogP contribution in [0.25, 0.3) is 0 Å². The number of halogens is 1. The quantitative estimate of drug-likeness (QED) is 0.875. The third-order valence-corrected chi connectivity index (χ3v) is 3.24. The molecule has 20 heavy (non-hydrogen) atoms. The molecule has 2 N–H and O–H groups in total. The topological polar surface area (TPSA) is 67.4 Å². The Kier molecular flexibility index (Phi) is 4.55. The van der Waals surface area contributed by atoms with Crippen molar-refractivity contribution in [2.45, 2.75) is 25.3 Å². The molecular weight excluding hydrogens is 263 g/mol. The smallest absolute Gasteiger partial charge is 0.251 e. The summed E-state index contributed by atoms with van der Waals surface area (Å²) in [5.74, 6) is -0.587. The molecule has 1 heterocycles. The summed E-state index contributed by atoms with van der Waals surface area (Å²) in [5.41, 5.74) is 0.213. The van der Waals surface area contributed by atoms with E-state index < -0.39 is 5.82 Å². The van der Waals surface area contributed by atoms with Crippen molar-refractivity contribution < 1.29 is 18.7 Å². The SMILES string of the molecule is COc1cc(F)cc(C(=O)NC2CCNC(=O)CC2)c1. The van der Waals surface area contributed by atoms with Crippen LogP contribution in [-0.4, -0.2) is 31.5 Å². The number of ether oxygens (including phenoxy) is 1. The van der Waals surface area contributed by atoms with Crippen molar-refractivity contribution in [1.82, 2.24) is 10.6 Å². The Hall–Kier alpha value is -2.11. The van der Waals surface area contributed by atoms with E-state index in [4.69, 9.17) is 4.74 Å². The van der Waals surface area contributed by atoms with Gasteiger partial charge in [0.25, 0.3) is 5.91 Å². The number of benzene rings is 1. The summed E-state index contributed by atoms with van der Waals surface area (Å²) in [6, 6.07) is 3.78. The molecule has 1 unspecified atom stereocenters. The van der Waals surface area contributed by atoms with Gasteiger partial charge in [0, 0.05) is 30.6 Å². The predicted molar refractivity (Wildman–Crippen MR) is 71.1 cm³/mol. The van der Waals surface area contributed by atoms with Gasteiger partial charge in [0.2, 0.25) is 5.91 Å². The van der Waals surface area contributed by atoms with E-state index in [9.17, 15) is 14.0 Å². The minimum atomic E-state index is -0.521. The van der Waals surface area contributed by atoms with Crippen LogP contribution in [0.5, 0.6) is 5.75 Å². The van der Waals surface area contributed by atoms with Gasteiger partial charge in [-0.1, -0.05) is 0 Å². The van der Waals surface area contributed by atoms with Crippen molar-refractivity contribution in [2.75, 3.05) is 13.7 Å². The van der Waals surface area contributed by atoms with Gasteiger partial charge < -0.3 is 15.4 Å². The van der Waals surface area contributed by atoms with Gasteiger partial charge in [-0.05, 0) is 25.0 Å². The lowest BCUT2D eigenvalue weighted by molar-refractivity contribution is -0.120. The highest BCUT2D eigenvalue weighted by atomic mass is 19.1. The summed E-state index contributed by atoms with van der Waals surface area (Å²) < 4.78 is 18.3. The Morgan fingerprint density at radius 3 is 2.95 bits per heavy atom. The van der Waals surface area contributed by atoms with Crippen LogP contribution in [0.3, 0.4) is 0 Å². The highest BCUT2D eigenvalue weighted by molar-refractivity contribution is 5.94. The molecule has 5 nitrogen and oxygen atoms in total. The van der Waals surface area contributed by atoms with Gasteiger partial charge in [0.1, 0.15) is 11.6 Å². The Morgan fingerprint density at radius 2 is 2.20 bits per heavy atom. The molecule has 1 fully saturated rings. The normalized spacial score (nSPS) is 18.9. The number of hydrogen-bond acceptors (Lipinski definition) is 3. The molecule has 1 aromatic carbocycles. The molecule has 1 atom stereocenters. The highest BCUT2D eigenvalue weighted by Gasteiger charge is 2.19. The van der Waals surface area contributed by atoms with E-state index in [0.717, 1.165) is 6.07 Å². The van der Waals surface area contributed by atoms with Gasteiger partial charge in [0.15, 0.2) is 0 Å². The molecule has 1 aliphatic rings. The van der Waals surface area contributed by atoms with Crippen molar-refractivity contribution in [3.05, 3.63) is 29.6 Å². The fourth-order valence-corrected chi connectivity index (χ4v) is 2.15. The van der Waals surface area contributed by atoms with Crippen LogP contribution in [0.15, 0.2) is 18.2 Å². The first-order valence-corrected chi connectivity index (χ1v) is 6.50. The average molecular weight is 280 g/mol. The molecule has 0 aromatic heterocycles. The Balaban J connectivity index is 2.04. The zero-order valence-corrected chi connectivity index (χ0v) is 11.2. The van der Waals surface area contributed by atoms with Crippen molar-refractivity contribution in [2.24, 2.45) is 0 Å². The summed E-state index contributed by atoms with van der Waals surface area (Å²) in [7, 11) is 1.42. The molecule has 2 amide bonds. The molecule has 1 aromatic rings. The Morgan fingerprint density at radius 1 is 1.40 bits per heavy atom. The van der Waals surface area contributed by atoms with E-state index in [2.05, 4.69) is 10.6 Å². The van der Waals surface area contributed by atoms with Crippen LogP contribution in [0.4, 0.5) is 4.39 Å². The lowest BCUT2D eigenvalue weighted by Gasteiger charge is -2.15. The second kappa shape index (κ2) is 6.36. The van der Waals surface area contributed by atoms with Gasteiger partial charge in [-0.25, -0.2) is 4.39 Å². The van der Waals surface area contributed by atoms with E-state index in [-0.39, 0.29) is 23.4 Å². The van der Waals surface area contributed by atoms with Crippen LogP contribution in [-0.2, 0) is 4.79 Å². The Bertz CT molecular complexity index is 519. The van der Waals surface area contributed by atoms with Gasteiger partial charge in [-0.3, -0.25) is 9.59 Å². The predicted octanol–water partition coefficient (Wildman–Crippen LogP) is 1.23. The molecule has 1 saturated heterocycles. The summed E-state index contributed by atoms with van der Waals surface area (Å²) in [5, 5.41) is 5.57. The van der Waals surface area contributed by atoms with Crippen molar-refractivity contribution >= 4 is 11.8 Å². The van der Waals surface area contributed by atoms with Gasteiger partial charge >= 0.3 is 0 Å². The first-order chi connectivity index (χ1) is 9.58. The molecule has 1 aliphatic heterocycles. The third-order valence-electron chi connectivity index (χ3n) is 3.24. The van der Waals surface area contributed by atoms with Crippen molar-refractivity contribution in [3.8, 4) is 5.75 Å². The van der Waals surface area contributed by atoms with E-state index in [1.807, 2.05) is 0 Å². The first-order valence-electron chi connectivity index (χ1n) is 6.50. The van der Waals surface area contributed by atoms with Crippen LogP contribution in [0, 0.1) is 5.82 Å². The molecule has 0 aliphatic carbocycles.